The summed E-state index contributed by atoms with van der Waals surface area (Å²) >= 11 is 0. The fourth-order valence-corrected chi connectivity index (χ4v) is 0. The fourth-order valence-electron chi connectivity index (χ4n) is 0. The normalized spacial score (nSPS) is 14.2. The molecular weight excluding hydrogens is 228 g/mol. The second kappa shape index (κ2) is 5.47. The summed E-state index contributed by atoms with van der Waals surface area (Å²) < 4.78 is 52.5. The highest BCUT2D eigenvalue weighted by Gasteiger charge is 2.22. The van der Waals surface area contributed by atoms with Crippen LogP contribution in [0.5, 0.6) is 0 Å². The molecule has 0 aromatic carbocycles. The van der Waals surface area contributed by atoms with Crippen molar-refractivity contribution in [2.45, 2.75) is 13.0 Å². The Balaban J connectivity index is 0. The summed E-state index contributed by atoms with van der Waals surface area (Å²) in [6, 6.07) is 0. The van der Waals surface area contributed by atoms with Gasteiger partial charge in [-0.15, -0.1) is 0 Å². The molecule has 0 bridgehead atoms. The minimum Gasteiger partial charge on any atom is -0.394 e. The molecule has 0 aromatic heterocycles. The third-order valence-electron chi connectivity index (χ3n) is 0.530. The zero-order valence-electron chi connectivity index (χ0n) is 6.52. The second-order valence-electron chi connectivity index (χ2n) is 1.89. The monoisotopic (exact) mass is 238 g/mol. The van der Waals surface area contributed by atoms with Gasteiger partial charge in [-0.05, 0) is 6.92 Å². The van der Waals surface area contributed by atoms with Crippen LogP contribution >= 0.6 is 0 Å². The Morgan fingerprint density at radius 2 is 1.23 bits per heavy atom. The van der Waals surface area contributed by atoms with Crippen LogP contribution in [0.25, 0.3) is 0 Å². The van der Waals surface area contributed by atoms with E-state index in [1.54, 1.807) is 0 Å². The molecule has 0 aliphatic carbocycles. The van der Waals surface area contributed by atoms with Crippen LogP contribution < -0.4 is 0 Å². The van der Waals surface area contributed by atoms with Gasteiger partial charge in [-0.25, -0.2) is 0 Å². The summed E-state index contributed by atoms with van der Waals surface area (Å²) in [7, 11) is -10.6. The van der Waals surface area contributed by atoms with Crippen LogP contribution in [0.3, 0.4) is 0 Å². The minimum atomic E-state index is -5.31. The topological polar surface area (TPSA) is 149 Å². The van der Waals surface area contributed by atoms with Crippen molar-refractivity contribution in [3.05, 3.63) is 0 Å². The number of aliphatic hydroxyl groups excluding tert-OH is 2. The second-order valence-corrected chi connectivity index (χ2v) is 6.13. The maximum atomic E-state index is 9.37. The SMILES string of the molecule is CC(O)CO.O=S(=O)(O)S(=O)(=O)O. The smallest absolute Gasteiger partial charge is 0.394 e. The predicted molar refractivity (Wildman–Crippen MR) is 41.9 cm³/mol. The van der Waals surface area contributed by atoms with Gasteiger partial charge in [-0.1, -0.05) is 0 Å². The average Bonchev–Trinajstić information content (AvgIpc) is 1.84. The molecule has 0 amide bonds. The summed E-state index contributed by atoms with van der Waals surface area (Å²) in [4.78, 5) is 0. The van der Waals surface area contributed by atoms with Crippen molar-refractivity contribution >= 4 is 18.3 Å². The standard InChI is InChI=1S/C3H8O2.H2O6S2/c1-3(5)2-4;1-7(2,3)8(4,5)6/h3-5H,2H2,1H3;(H,1,2,3)(H,4,5,6). The van der Waals surface area contributed by atoms with Crippen LogP contribution in [-0.2, 0) is 18.3 Å². The lowest BCUT2D eigenvalue weighted by Gasteiger charge is -1.90. The lowest BCUT2D eigenvalue weighted by Crippen LogP contribution is -2.11. The molecule has 82 valence electrons. The van der Waals surface area contributed by atoms with Crippen molar-refractivity contribution in [1.29, 1.82) is 0 Å². The van der Waals surface area contributed by atoms with E-state index >= 15 is 0 Å². The van der Waals surface area contributed by atoms with E-state index in [4.69, 9.17) is 19.3 Å². The van der Waals surface area contributed by atoms with Gasteiger partial charge in [0.05, 0.1) is 12.7 Å². The predicted octanol–water partition coefficient (Wildman–Crippen LogP) is -1.96. The minimum absolute atomic E-state index is 0.139. The molecule has 0 aliphatic rings. The molecule has 0 saturated heterocycles. The van der Waals surface area contributed by atoms with Crippen molar-refractivity contribution < 1.29 is 36.2 Å². The van der Waals surface area contributed by atoms with Gasteiger partial charge >= 0.3 is 18.3 Å². The maximum Gasteiger partial charge on any atom is 0.397 e. The Labute approximate surface area is 74.7 Å². The summed E-state index contributed by atoms with van der Waals surface area (Å²) in [5, 5.41) is 16.0. The van der Waals surface area contributed by atoms with E-state index in [2.05, 4.69) is 0 Å². The number of rotatable bonds is 2. The van der Waals surface area contributed by atoms with Gasteiger partial charge in [-0.3, -0.25) is 9.11 Å². The molecule has 1 unspecified atom stereocenters. The van der Waals surface area contributed by atoms with E-state index in [1.807, 2.05) is 0 Å². The molecule has 1 atom stereocenters. The number of aliphatic hydroxyl groups is 2. The maximum absolute atomic E-state index is 9.37. The molecule has 10 heteroatoms. The molecule has 0 rings (SSSR count). The van der Waals surface area contributed by atoms with Gasteiger partial charge in [0.15, 0.2) is 0 Å². The Bertz CT molecular complexity index is 279. The van der Waals surface area contributed by atoms with Gasteiger partial charge in [-0.2, -0.15) is 16.8 Å². The molecular formula is C3H10O8S2. The summed E-state index contributed by atoms with van der Waals surface area (Å²) in [6.07, 6.45) is -0.560. The summed E-state index contributed by atoms with van der Waals surface area (Å²) in [6.45, 7) is 1.39. The van der Waals surface area contributed by atoms with Crippen LogP contribution in [0.15, 0.2) is 0 Å². The molecule has 0 aliphatic heterocycles. The highest BCUT2D eigenvalue weighted by atomic mass is 33.2. The molecule has 0 aromatic rings. The van der Waals surface area contributed by atoms with Crippen LogP contribution in [0.2, 0.25) is 0 Å². The number of hydrogen-bond acceptors (Lipinski definition) is 6. The Morgan fingerprint density at radius 3 is 1.23 bits per heavy atom. The van der Waals surface area contributed by atoms with Gasteiger partial charge in [0.1, 0.15) is 0 Å². The van der Waals surface area contributed by atoms with Crippen LogP contribution in [-0.4, -0.2) is 48.9 Å². The van der Waals surface area contributed by atoms with Crippen LogP contribution in [0.4, 0.5) is 0 Å². The highest BCUT2D eigenvalue weighted by Crippen LogP contribution is 1.90. The van der Waals surface area contributed by atoms with E-state index < -0.39 is 24.4 Å². The summed E-state index contributed by atoms with van der Waals surface area (Å²) in [5.74, 6) is 0. The van der Waals surface area contributed by atoms with E-state index in [0.717, 1.165) is 0 Å². The average molecular weight is 238 g/mol. The van der Waals surface area contributed by atoms with Crippen molar-refractivity contribution in [3.63, 3.8) is 0 Å². The third kappa shape index (κ3) is 9.66. The lowest BCUT2D eigenvalue weighted by molar-refractivity contribution is 0.110. The molecule has 8 nitrogen and oxygen atoms in total. The van der Waals surface area contributed by atoms with Crippen molar-refractivity contribution in [3.8, 4) is 0 Å². The zero-order chi connectivity index (χ0) is 11.3. The molecule has 0 spiro atoms. The van der Waals surface area contributed by atoms with E-state index in [-0.39, 0.29) is 6.61 Å². The van der Waals surface area contributed by atoms with Gasteiger partial charge in [0.2, 0.25) is 0 Å². The number of hydrogen-bond donors (Lipinski definition) is 4. The fraction of sp³-hybridized carbons (Fsp3) is 1.00. The first-order valence-corrected chi connectivity index (χ1v) is 6.16. The van der Waals surface area contributed by atoms with Crippen LogP contribution in [0.1, 0.15) is 6.92 Å². The molecule has 0 saturated carbocycles. The highest BCUT2D eigenvalue weighted by molar-refractivity contribution is 8.62. The van der Waals surface area contributed by atoms with E-state index in [0.29, 0.717) is 0 Å². The van der Waals surface area contributed by atoms with E-state index in [9.17, 15) is 16.8 Å². The molecule has 4 N–H and O–H groups in total. The first kappa shape index (κ1) is 15.2. The Morgan fingerprint density at radius 1 is 1.08 bits per heavy atom. The zero-order valence-corrected chi connectivity index (χ0v) is 8.16. The third-order valence-corrected chi connectivity index (χ3v) is 2.66. The lowest BCUT2D eigenvalue weighted by atomic mass is 10.5. The summed E-state index contributed by atoms with van der Waals surface area (Å²) in [5.41, 5.74) is 0. The quantitative estimate of drug-likeness (QED) is 0.320. The van der Waals surface area contributed by atoms with Crippen molar-refractivity contribution in [1.82, 2.24) is 0 Å². The molecule has 0 radical (unpaired) electrons. The van der Waals surface area contributed by atoms with Gasteiger partial charge in [0, 0.05) is 0 Å². The van der Waals surface area contributed by atoms with Crippen molar-refractivity contribution in [2.24, 2.45) is 0 Å². The largest absolute Gasteiger partial charge is 0.397 e. The Kier molecular flexibility index (Phi) is 6.40. The van der Waals surface area contributed by atoms with Crippen molar-refractivity contribution in [2.75, 3.05) is 6.61 Å². The van der Waals surface area contributed by atoms with E-state index in [1.165, 1.54) is 6.92 Å². The molecule has 0 heterocycles. The first-order valence-electron chi connectivity index (χ1n) is 2.76. The van der Waals surface area contributed by atoms with Gasteiger partial charge < -0.3 is 10.2 Å². The first-order chi connectivity index (χ1) is 5.52. The van der Waals surface area contributed by atoms with Crippen LogP contribution in [0, 0.1) is 0 Å². The Hall–Kier alpha value is -0.260. The van der Waals surface area contributed by atoms with Gasteiger partial charge in [0.25, 0.3) is 0 Å². The molecule has 13 heavy (non-hydrogen) atoms. The molecule has 0 fully saturated rings.